The Morgan fingerprint density at radius 2 is 1.74 bits per heavy atom. The molecule has 5 nitrogen and oxygen atoms in total. The van der Waals surface area contributed by atoms with Gasteiger partial charge < -0.3 is 10.8 Å². The molecule has 0 aliphatic rings. The van der Waals surface area contributed by atoms with Crippen molar-refractivity contribution < 1.29 is 18.3 Å². The van der Waals surface area contributed by atoms with E-state index in [9.17, 15) is 18.3 Å². The number of rotatable bonds is 2. The molecular formula is C15H11F3N4O. The number of anilines is 1. The highest BCUT2D eigenvalue weighted by Crippen LogP contribution is 2.33. The molecule has 0 bridgehead atoms. The van der Waals surface area contributed by atoms with Crippen LogP contribution in [-0.2, 0) is 6.18 Å². The van der Waals surface area contributed by atoms with Crippen molar-refractivity contribution in [2.45, 2.75) is 6.18 Å². The van der Waals surface area contributed by atoms with Crippen molar-refractivity contribution >= 4 is 5.69 Å². The lowest BCUT2D eigenvalue weighted by atomic mass is 10.1. The van der Waals surface area contributed by atoms with Crippen LogP contribution in [0.1, 0.15) is 5.56 Å². The summed E-state index contributed by atoms with van der Waals surface area (Å²) in [7, 11) is 0. The van der Waals surface area contributed by atoms with Gasteiger partial charge in [0, 0.05) is 5.56 Å². The van der Waals surface area contributed by atoms with Gasteiger partial charge >= 0.3 is 6.18 Å². The van der Waals surface area contributed by atoms with Crippen molar-refractivity contribution in [1.82, 2.24) is 14.8 Å². The minimum Gasteiger partial charge on any atom is -0.506 e. The van der Waals surface area contributed by atoms with Gasteiger partial charge in [-0.2, -0.15) is 13.2 Å². The fourth-order valence-corrected chi connectivity index (χ4v) is 2.21. The van der Waals surface area contributed by atoms with E-state index in [4.69, 9.17) is 5.73 Å². The third kappa shape index (κ3) is 2.70. The van der Waals surface area contributed by atoms with Gasteiger partial charge in [0.25, 0.3) is 0 Å². The standard InChI is InChI=1S/C15H11F3N4O/c16-15(17,18)10-6-4-9(5-7-10)14-21-20-8-22(14)13-11(19)2-1-3-12(13)23/h1-8,23H,19H2. The third-order valence-corrected chi connectivity index (χ3v) is 3.31. The molecule has 3 N–H and O–H groups in total. The number of aromatic hydroxyl groups is 1. The quantitative estimate of drug-likeness (QED) is 0.711. The molecule has 23 heavy (non-hydrogen) atoms. The van der Waals surface area contributed by atoms with Gasteiger partial charge in [0.1, 0.15) is 17.8 Å². The van der Waals surface area contributed by atoms with Gasteiger partial charge in [-0.1, -0.05) is 18.2 Å². The molecular weight excluding hydrogens is 309 g/mol. The number of phenolic OH excluding ortho intramolecular Hbond substituents is 1. The number of alkyl halides is 3. The summed E-state index contributed by atoms with van der Waals surface area (Å²) >= 11 is 0. The molecule has 3 aromatic rings. The Kier molecular flexibility index (Phi) is 3.44. The van der Waals surface area contributed by atoms with Crippen LogP contribution in [0.15, 0.2) is 48.8 Å². The van der Waals surface area contributed by atoms with Crippen LogP contribution in [0.3, 0.4) is 0 Å². The lowest BCUT2D eigenvalue weighted by Crippen LogP contribution is -2.05. The van der Waals surface area contributed by atoms with Crippen molar-refractivity contribution in [3.8, 4) is 22.8 Å². The smallest absolute Gasteiger partial charge is 0.416 e. The van der Waals surface area contributed by atoms with E-state index in [0.717, 1.165) is 12.1 Å². The van der Waals surface area contributed by atoms with Crippen LogP contribution >= 0.6 is 0 Å². The SMILES string of the molecule is Nc1cccc(O)c1-n1cnnc1-c1ccc(C(F)(F)F)cc1. The van der Waals surface area contributed by atoms with Gasteiger partial charge in [-0.25, -0.2) is 0 Å². The number of nitrogen functional groups attached to an aromatic ring is 1. The molecule has 0 saturated heterocycles. The molecule has 1 heterocycles. The molecule has 0 saturated carbocycles. The highest BCUT2D eigenvalue weighted by molar-refractivity contribution is 5.69. The van der Waals surface area contributed by atoms with Crippen molar-refractivity contribution in [2.75, 3.05) is 5.73 Å². The summed E-state index contributed by atoms with van der Waals surface area (Å²) in [6.45, 7) is 0. The minimum atomic E-state index is -4.41. The first-order valence-corrected chi connectivity index (χ1v) is 6.53. The van der Waals surface area contributed by atoms with Gasteiger partial charge in [0.05, 0.1) is 11.3 Å². The van der Waals surface area contributed by atoms with Gasteiger partial charge in [-0.3, -0.25) is 4.57 Å². The summed E-state index contributed by atoms with van der Waals surface area (Å²) in [6.07, 6.45) is -3.08. The van der Waals surface area contributed by atoms with E-state index < -0.39 is 11.7 Å². The first kappa shape index (κ1) is 14.9. The zero-order valence-corrected chi connectivity index (χ0v) is 11.6. The summed E-state index contributed by atoms with van der Waals surface area (Å²) in [5, 5.41) is 17.6. The molecule has 0 aliphatic carbocycles. The fourth-order valence-electron chi connectivity index (χ4n) is 2.21. The normalized spacial score (nSPS) is 11.6. The summed E-state index contributed by atoms with van der Waals surface area (Å²) in [5.41, 5.74) is 6.08. The highest BCUT2D eigenvalue weighted by atomic mass is 19.4. The maximum absolute atomic E-state index is 12.6. The van der Waals surface area contributed by atoms with Gasteiger partial charge in [-0.15, -0.1) is 10.2 Å². The first-order chi connectivity index (χ1) is 10.9. The van der Waals surface area contributed by atoms with Crippen molar-refractivity contribution in [1.29, 1.82) is 0 Å². The molecule has 0 unspecified atom stereocenters. The number of halogens is 3. The topological polar surface area (TPSA) is 77.0 Å². The largest absolute Gasteiger partial charge is 0.506 e. The number of hydrogen-bond donors (Lipinski definition) is 2. The Morgan fingerprint density at radius 1 is 1.04 bits per heavy atom. The number of nitrogens with two attached hydrogens (primary N) is 1. The van der Waals surface area contributed by atoms with Crippen molar-refractivity contribution in [3.63, 3.8) is 0 Å². The van der Waals surface area contributed by atoms with Crippen LogP contribution in [0.2, 0.25) is 0 Å². The zero-order chi connectivity index (χ0) is 16.6. The predicted molar refractivity (Wildman–Crippen MR) is 77.9 cm³/mol. The van der Waals surface area contributed by atoms with E-state index in [1.807, 2.05) is 0 Å². The van der Waals surface area contributed by atoms with Crippen LogP contribution < -0.4 is 5.73 Å². The van der Waals surface area contributed by atoms with Crippen LogP contribution in [-0.4, -0.2) is 19.9 Å². The van der Waals surface area contributed by atoms with Crippen molar-refractivity contribution in [3.05, 3.63) is 54.4 Å². The van der Waals surface area contributed by atoms with Gasteiger partial charge in [0.2, 0.25) is 0 Å². The molecule has 1 aromatic heterocycles. The number of phenols is 1. The molecule has 0 spiro atoms. The molecule has 3 rings (SSSR count). The molecule has 0 fully saturated rings. The fraction of sp³-hybridized carbons (Fsp3) is 0.0667. The minimum absolute atomic E-state index is 0.0852. The molecule has 0 aliphatic heterocycles. The van der Waals surface area contributed by atoms with Crippen LogP contribution in [0.25, 0.3) is 17.1 Å². The second-order valence-corrected chi connectivity index (χ2v) is 4.81. The Morgan fingerprint density at radius 3 is 2.35 bits per heavy atom. The molecule has 0 amide bonds. The summed E-state index contributed by atoms with van der Waals surface area (Å²) in [4.78, 5) is 0. The van der Waals surface area contributed by atoms with Crippen LogP contribution in [0.4, 0.5) is 18.9 Å². The van der Waals surface area contributed by atoms with E-state index in [-0.39, 0.29) is 22.9 Å². The Labute approximate surface area is 128 Å². The predicted octanol–water partition coefficient (Wildman–Crippen LogP) is 3.24. The van der Waals surface area contributed by atoms with E-state index in [1.165, 1.54) is 29.1 Å². The van der Waals surface area contributed by atoms with Crippen molar-refractivity contribution in [2.24, 2.45) is 0 Å². The average molecular weight is 320 g/mol. The molecule has 0 radical (unpaired) electrons. The number of hydrogen-bond acceptors (Lipinski definition) is 4. The lowest BCUT2D eigenvalue weighted by Gasteiger charge is -2.12. The second kappa shape index (κ2) is 5.31. The second-order valence-electron chi connectivity index (χ2n) is 4.81. The van der Waals surface area contributed by atoms with E-state index in [1.54, 1.807) is 12.1 Å². The third-order valence-electron chi connectivity index (χ3n) is 3.31. The Balaban J connectivity index is 2.09. The van der Waals surface area contributed by atoms with Gasteiger partial charge in [-0.05, 0) is 24.3 Å². The number of para-hydroxylation sites is 1. The molecule has 2 aromatic carbocycles. The zero-order valence-electron chi connectivity index (χ0n) is 11.6. The number of benzene rings is 2. The maximum Gasteiger partial charge on any atom is 0.416 e. The first-order valence-electron chi connectivity index (χ1n) is 6.53. The average Bonchev–Trinajstić information content (AvgIpc) is 2.95. The molecule has 118 valence electrons. The highest BCUT2D eigenvalue weighted by Gasteiger charge is 2.30. The van der Waals surface area contributed by atoms with E-state index >= 15 is 0 Å². The monoisotopic (exact) mass is 320 g/mol. The molecule has 8 heteroatoms. The lowest BCUT2D eigenvalue weighted by molar-refractivity contribution is -0.137. The Hall–Kier alpha value is -3.03. The van der Waals surface area contributed by atoms with Gasteiger partial charge in [0.15, 0.2) is 5.82 Å². The van der Waals surface area contributed by atoms with E-state index in [0.29, 0.717) is 5.56 Å². The van der Waals surface area contributed by atoms with Crippen LogP contribution in [0, 0.1) is 0 Å². The van der Waals surface area contributed by atoms with Crippen LogP contribution in [0.5, 0.6) is 5.75 Å². The molecule has 0 atom stereocenters. The number of nitrogens with zero attached hydrogens (tertiary/aromatic N) is 3. The number of aromatic nitrogens is 3. The van der Waals surface area contributed by atoms with E-state index in [2.05, 4.69) is 10.2 Å². The summed E-state index contributed by atoms with van der Waals surface area (Å²) in [5.74, 6) is 0.185. The maximum atomic E-state index is 12.6. The summed E-state index contributed by atoms with van der Waals surface area (Å²) < 4.78 is 39.3. The Bertz CT molecular complexity index is 820. The summed E-state index contributed by atoms with van der Waals surface area (Å²) in [6, 6.07) is 9.12.